The van der Waals surface area contributed by atoms with Crippen molar-refractivity contribution in [1.29, 1.82) is 0 Å². The molecule has 0 aliphatic carbocycles. The first-order valence-corrected chi connectivity index (χ1v) is 6.21. The van der Waals surface area contributed by atoms with Gasteiger partial charge in [0.1, 0.15) is 0 Å². The molecule has 19 heavy (non-hydrogen) atoms. The van der Waals surface area contributed by atoms with Gasteiger partial charge in [0.25, 0.3) is 5.91 Å². The third kappa shape index (κ3) is 4.06. The maximum atomic E-state index is 11.8. The zero-order valence-corrected chi connectivity index (χ0v) is 11.8. The summed E-state index contributed by atoms with van der Waals surface area (Å²) in [6.45, 7) is 3.77. The second-order valence-corrected chi connectivity index (χ2v) is 5.04. The third-order valence-electron chi connectivity index (χ3n) is 2.80. The van der Waals surface area contributed by atoms with Gasteiger partial charge in [-0.15, -0.1) is 0 Å². The Labute approximate surface area is 113 Å². The number of rotatable bonds is 4. The van der Waals surface area contributed by atoms with E-state index in [-0.39, 0.29) is 17.7 Å². The lowest BCUT2D eigenvalue weighted by molar-refractivity contribution is -0.118. The van der Waals surface area contributed by atoms with E-state index in [1.807, 2.05) is 13.8 Å². The van der Waals surface area contributed by atoms with Crippen molar-refractivity contribution in [2.24, 2.45) is 11.7 Å². The Morgan fingerprint density at radius 3 is 2.42 bits per heavy atom. The molecule has 1 rings (SSSR count). The largest absolute Gasteiger partial charge is 0.345 e. The summed E-state index contributed by atoms with van der Waals surface area (Å²) in [5.41, 5.74) is 6.87. The van der Waals surface area contributed by atoms with Crippen LogP contribution in [-0.2, 0) is 4.79 Å². The van der Waals surface area contributed by atoms with Gasteiger partial charge in [-0.1, -0.05) is 19.9 Å². The molecule has 2 amide bonds. The molecule has 1 atom stereocenters. The zero-order chi connectivity index (χ0) is 14.6. The van der Waals surface area contributed by atoms with Gasteiger partial charge in [-0.25, -0.2) is 0 Å². The van der Waals surface area contributed by atoms with E-state index >= 15 is 0 Å². The second kappa shape index (κ2) is 6.33. The van der Waals surface area contributed by atoms with Gasteiger partial charge in [-0.05, 0) is 24.1 Å². The molecule has 0 spiro atoms. The van der Waals surface area contributed by atoms with Crippen LogP contribution in [0.15, 0.2) is 24.3 Å². The van der Waals surface area contributed by atoms with Crippen LogP contribution in [0.5, 0.6) is 0 Å². The van der Waals surface area contributed by atoms with Gasteiger partial charge in [0, 0.05) is 25.3 Å². The number of hydrogen-bond donors (Lipinski definition) is 2. The maximum Gasteiger partial charge on any atom is 0.253 e. The van der Waals surface area contributed by atoms with Crippen LogP contribution in [0.2, 0.25) is 0 Å². The molecule has 5 heteroatoms. The van der Waals surface area contributed by atoms with Crippen LogP contribution in [0, 0.1) is 5.92 Å². The highest BCUT2D eigenvalue weighted by atomic mass is 16.2. The summed E-state index contributed by atoms with van der Waals surface area (Å²) >= 11 is 0. The Morgan fingerprint density at radius 1 is 1.26 bits per heavy atom. The molecule has 0 radical (unpaired) electrons. The summed E-state index contributed by atoms with van der Waals surface area (Å²) in [5.74, 6) is -0.291. The van der Waals surface area contributed by atoms with Crippen molar-refractivity contribution in [3.8, 4) is 0 Å². The van der Waals surface area contributed by atoms with Crippen LogP contribution >= 0.6 is 0 Å². The second-order valence-electron chi connectivity index (χ2n) is 5.04. The normalized spacial score (nSPS) is 12.1. The van der Waals surface area contributed by atoms with Gasteiger partial charge in [0.15, 0.2) is 0 Å². The minimum Gasteiger partial charge on any atom is -0.345 e. The number of benzene rings is 1. The van der Waals surface area contributed by atoms with Crippen molar-refractivity contribution in [3.05, 3.63) is 29.8 Å². The van der Waals surface area contributed by atoms with Crippen LogP contribution in [0.3, 0.4) is 0 Å². The van der Waals surface area contributed by atoms with E-state index in [1.54, 1.807) is 38.4 Å². The van der Waals surface area contributed by atoms with Gasteiger partial charge in [0.2, 0.25) is 5.91 Å². The van der Waals surface area contributed by atoms with Crippen LogP contribution in [0.25, 0.3) is 0 Å². The van der Waals surface area contributed by atoms with Crippen LogP contribution in [-0.4, -0.2) is 36.9 Å². The molecule has 1 unspecified atom stereocenters. The fourth-order valence-electron chi connectivity index (χ4n) is 1.52. The molecular formula is C14H21N3O2. The Balaban J connectivity index is 2.83. The molecule has 5 nitrogen and oxygen atoms in total. The number of carbonyl (C=O) groups excluding carboxylic acids is 2. The van der Waals surface area contributed by atoms with E-state index < -0.39 is 6.04 Å². The molecule has 104 valence electrons. The van der Waals surface area contributed by atoms with E-state index in [2.05, 4.69) is 5.32 Å². The van der Waals surface area contributed by atoms with Crippen molar-refractivity contribution in [2.45, 2.75) is 19.9 Å². The molecule has 0 heterocycles. The molecule has 1 aromatic rings. The van der Waals surface area contributed by atoms with Gasteiger partial charge in [0.05, 0.1) is 6.04 Å². The monoisotopic (exact) mass is 263 g/mol. The molecule has 1 aromatic carbocycles. The fraction of sp³-hybridized carbons (Fsp3) is 0.429. The SMILES string of the molecule is CC(C)C(N)C(=O)Nc1cccc(C(=O)N(C)C)c1. The highest BCUT2D eigenvalue weighted by molar-refractivity contribution is 5.98. The molecular weight excluding hydrogens is 242 g/mol. The lowest BCUT2D eigenvalue weighted by Gasteiger charge is -2.16. The predicted octanol–water partition coefficient (Wildman–Crippen LogP) is 1.31. The van der Waals surface area contributed by atoms with Crippen molar-refractivity contribution in [3.63, 3.8) is 0 Å². The molecule has 0 bridgehead atoms. The Kier molecular flexibility index (Phi) is 5.06. The Bertz CT molecular complexity index is 470. The van der Waals surface area contributed by atoms with Crippen molar-refractivity contribution in [2.75, 3.05) is 19.4 Å². The summed E-state index contributed by atoms with van der Waals surface area (Å²) in [7, 11) is 3.37. The van der Waals surface area contributed by atoms with Gasteiger partial charge < -0.3 is 16.0 Å². The third-order valence-corrected chi connectivity index (χ3v) is 2.80. The summed E-state index contributed by atoms with van der Waals surface area (Å²) in [4.78, 5) is 25.1. The molecule has 0 fully saturated rings. The van der Waals surface area contributed by atoms with Crippen LogP contribution < -0.4 is 11.1 Å². The Hall–Kier alpha value is -1.88. The van der Waals surface area contributed by atoms with E-state index in [0.29, 0.717) is 11.3 Å². The van der Waals surface area contributed by atoms with Gasteiger partial charge in [-0.3, -0.25) is 9.59 Å². The van der Waals surface area contributed by atoms with Gasteiger partial charge >= 0.3 is 0 Å². The minimum atomic E-state index is -0.562. The summed E-state index contributed by atoms with van der Waals surface area (Å²) in [6.07, 6.45) is 0. The van der Waals surface area contributed by atoms with E-state index in [4.69, 9.17) is 5.73 Å². The van der Waals surface area contributed by atoms with Crippen LogP contribution in [0.4, 0.5) is 5.69 Å². The van der Waals surface area contributed by atoms with E-state index in [1.165, 1.54) is 4.90 Å². The Morgan fingerprint density at radius 2 is 1.89 bits per heavy atom. The average Bonchev–Trinajstić information content (AvgIpc) is 2.36. The summed E-state index contributed by atoms with van der Waals surface area (Å²) < 4.78 is 0. The number of carbonyl (C=O) groups is 2. The fourth-order valence-corrected chi connectivity index (χ4v) is 1.52. The minimum absolute atomic E-state index is 0.0617. The molecule has 0 saturated heterocycles. The van der Waals surface area contributed by atoms with Crippen LogP contribution in [0.1, 0.15) is 24.2 Å². The van der Waals surface area contributed by atoms with E-state index in [9.17, 15) is 9.59 Å². The van der Waals surface area contributed by atoms with Crippen molar-refractivity contribution >= 4 is 17.5 Å². The lowest BCUT2D eigenvalue weighted by Crippen LogP contribution is -2.39. The first kappa shape index (κ1) is 15.2. The highest BCUT2D eigenvalue weighted by Crippen LogP contribution is 2.13. The number of nitrogens with zero attached hydrogens (tertiary/aromatic N) is 1. The number of anilines is 1. The highest BCUT2D eigenvalue weighted by Gasteiger charge is 2.17. The quantitative estimate of drug-likeness (QED) is 0.860. The van der Waals surface area contributed by atoms with E-state index in [0.717, 1.165) is 0 Å². The molecule has 0 aromatic heterocycles. The molecule has 0 saturated carbocycles. The smallest absolute Gasteiger partial charge is 0.253 e. The average molecular weight is 263 g/mol. The number of hydrogen-bond acceptors (Lipinski definition) is 3. The van der Waals surface area contributed by atoms with Gasteiger partial charge in [-0.2, -0.15) is 0 Å². The predicted molar refractivity (Wildman–Crippen MR) is 75.9 cm³/mol. The number of nitrogens with one attached hydrogen (secondary N) is 1. The molecule has 3 N–H and O–H groups in total. The standard InChI is InChI=1S/C14H21N3O2/c1-9(2)12(15)13(18)16-11-7-5-6-10(8-11)14(19)17(3)4/h5-9,12H,15H2,1-4H3,(H,16,18). The maximum absolute atomic E-state index is 11.8. The molecule has 0 aliphatic rings. The van der Waals surface area contributed by atoms with Crippen molar-refractivity contribution < 1.29 is 9.59 Å². The first-order chi connectivity index (χ1) is 8.82. The van der Waals surface area contributed by atoms with Crippen molar-refractivity contribution in [1.82, 2.24) is 4.90 Å². The first-order valence-electron chi connectivity index (χ1n) is 6.21. The topological polar surface area (TPSA) is 75.4 Å². The zero-order valence-electron chi connectivity index (χ0n) is 11.8. The lowest BCUT2D eigenvalue weighted by atomic mass is 10.0. The summed E-state index contributed by atoms with van der Waals surface area (Å²) in [5, 5.41) is 2.72. The molecule has 0 aliphatic heterocycles. The number of nitrogens with two attached hydrogens (primary N) is 1. The summed E-state index contributed by atoms with van der Waals surface area (Å²) in [6, 6.07) is 6.26. The number of amides is 2.